The van der Waals surface area contributed by atoms with Crippen molar-refractivity contribution in [2.75, 3.05) is 6.54 Å². The fraction of sp³-hybridized carbons (Fsp3) is 0.571. The highest BCUT2D eigenvalue weighted by molar-refractivity contribution is 5.40. The van der Waals surface area contributed by atoms with Gasteiger partial charge in [0, 0.05) is 12.1 Å². The Morgan fingerprint density at radius 2 is 1.81 bits per heavy atom. The lowest BCUT2D eigenvalue weighted by molar-refractivity contribution is 0.463. The highest BCUT2D eigenvalue weighted by atomic mass is 16.3. The molecule has 1 aromatic carbocycles. The third-order valence-electron chi connectivity index (χ3n) is 2.97. The van der Waals surface area contributed by atoms with Crippen LogP contribution in [0.4, 0.5) is 0 Å². The highest BCUT2D eigenvalue weighted by Crippen LogP contribution is 2.21. The van der Waals surface area contributed by atoms with Crippen LogP contribution < -0.4 is 5.32 Å². The van der Waals surface area contributed by atoms with Gasteiger partial charge in [0.1, 0.15) is 5.75 Å². The van der Waals surface area contributed by atoms with Crippen LogP contribution in [0.15, 0.2) is 12.1 Å². The van der Waals surface area contributed by atoms with Crippen molar-refractivity contribution in [3.63, 3.8) is 0 Å². The van der Waals surface area contributed by atoms with E-state index >= 15 is 0 Å². The van der Waals surface area contributed by atoms with Crippen molar-refractivity contribution in [2.24, 2.45) is 0 Å². The van der Waals surface area contributed by atoms with E-state index in [9.17, 15) is 5.11 Å². The summed E-state index contributed by atoms with van der Waals surface area (Å²) in [6.07, 6.45) is 3.73. The molecule has 2 N–H and O–H groups in total. The summed E-state index contributed by atoms with van der Waals surface area (Å²) in [5, 5.41) is 13.1. The second kappa shape index (κ2) is 6.54. The Bertz CT molecular complexity index is 334. The molecule has 0 aliphatic heterocycles. The van der Waals surface area contributed by atoms with E-state index in [0.29, 0.717) is 5.75 Å². The van der Waals surface area contributed by atoms with Crippen LogP contribution in [0.5, 0.6) is 5.75 Å². The molecule has 0 aliphatic rings. The van der Waals surface area contributed by atoms with E-state index in [1.165, 1.54) is 24.8 Å². The Kier molecular flexibility index (Phi) is 5.33. The smallest absolute Gasteiger partial charge is 0.120 e. The number of benzene rings is 1. The molecule has 2 heteroatoms. The number of aromatic hydroxyl groups is 1. The Balaban J connectivity index is 2.45. The molecule has 1 rings (SSSR count). The molecule has 0 aromatic heterocycles. The minimum Gasteiger partial charge on any atom is -0.508 e. The van der Waals surface area contributed by atoms with Gasteiger partial charge in [0.05, 0.1) is 0 Å². The monoisotopic (exact) mass is 221 g/mol. The van der Waals surface area contributed by atoms with E-state index in [1.54, 1.807) is 0 Å². The van der Waals surface area contributed by atoms with Crippen molar-refractivity contribution in [1.29, 1.82) is 0 Å². The average Bonchev–Trinajstić information content (AvgIpc) is 2.25. The Labute approximate surface area is 98.7 Å². The molecule has 0 unspecified atom stereocenters. The molecule has 0 heterocycles. The molecular weight excluding hydrogens is 198 g/mol. The first-order chi connectivity index (χ1) is 7.65. The zero-order chi connectivity index (χ0) is 12.0. The van der Waals surface area contributed by atoms with Crippen molar-refractivity contribution < 1.29 is 5.11 Å². The van der Waals surface area contributed by atoms with E-state index in [1.807, 2.05) is 13.0 Å². The van der Waals surface area contributed by atoms with Crippen LogP contribution in [-0.4, -0.2) is 11.7 Å². The van der Waals surface area contributed by atoms with Gasteiger partial charge in [0.2, 0.25) is 0 Å². The summed E-state index contributed by atoms with van der Waals surface area (Å²) in [5.74, 6) is 0.408. The van der Waals surface area contributed by atoms with Gasteiger partial charge in [-0.2, -0.15) is 0 Å². The summed E-state index contributed by atoms with van der Waals surface area (Å²) in [6, 6.07) is 3.91. The van der Waals surface area contributed by atoms with Crippen LogP contribution in [0.3, 0.4) is 0 Å². The van der Waals surface area contributed by atoms with Gasteiger partial charge in [-0.25, -0.2) is 0 Å². The number of aryl methyl sites for hydroxylation is 2. The van der Waals surface area contributed by atoms with Crippen LogP contribution >= 0.6 is 0 Å². The third-order valence-corrected chi connectivity index (χ3v) is 2.97. The van der Waals surface area contributed by atoms with Gasteiger partial charge in [-0.05, 0) is 44.0 Å². The lowest BCUT2D eigenvalue weighted by Crippen LogP contribution is -2.14. The Hall–Kier alpha value is -1.02. The fourth-order valence-corrected chi connectivity index (χ4v) is 1.73. The van der Waals surface area contributed by atoms with Gasteiger partial charge in [0.15, 0.2) is 0 Å². The van der Waals surface area contributed by atoms with E-state index in [0.717, 1.165) is 24.2 Å². The molecule has 1 aromatic rings. The number of nitrogens with one attached hydrogen (secondary N) is 1. The maximum absolute atomic E-state index is 9.78. The maximum atomic E-state index is 9.78. The van der Waals surface area contributed by atoms with Crippen LogP contribution in [0.1, 0.15) is 42.9 Å². The fourth-order valence-electron chi connectivity index (χ4n) is 1.73. The summed E-state index contributed by atoms with van der Waals surface area (Å²) in [7, 11) is 0. The molecule has 2 nitrogen and oxygen atoms in total. The van der Waals surface area contributed by atoms with Crippen LogP contribution in [0, 0.1) is 13.8 Å². The zero-order valence-corrected chi connectivity index (χ0v) is 10.6. The molecule has 0 saturated heterocycles. The summed E-state index contributed by atoms with van der Waals surface area (Å²) in [5.41, 5.74) is 3.38. The molecule has 0 spiro atoms. The molecule has 0 fully saturated rings. The van der Waals surface area contributed by atoms with Crippen molar-refractivity contribution in [1.82, 2.24) is 5.32 Å². The number of phenols is 1. The van der Waals surface area contributed by atoms with E-state index in [-0.39, 0.29) is 0 Å². The molecule has 0 saturated carbocycles. The SMILES string of the molecule is CCCCCNCc1cc(C)c(C)cc1O. The van der Waals surface area contributed by atoms with Crippen molar-refractivity contribution in [3.8, 4) is 5.75 Å². The average molecular weight is 221 g/mol. The van der Waals surface area contributed by atoms with Crippen LogP contribution in [0.2, 0.25) is 0 Å². The van der Waals surface area contributed by atoms with Gasteiger partial charge in [0.25, 0.3) is 0 Å². The topological polar surface area (TPSA) is 32.3 Å². The largest absolute Gasteiger partial charge is 0.508 e. The standard InChI is InChI=1S/C14H23NO/c1-4-5-6-7-15-10-13-8-11(2)12(3)9-14(13)16/h8-9,15-16H,4-7,10H2,1-3H3. The summed E-state index contributed by atoms with van der Waals surface area (Å²) in [4.78, 5) is 0. The minimum atomic E-state index is 0.408. The second-order valence-corrected chi connectivity index (χ2v) is 4.45. The number of hydrogen-bond donors (Lipinski definition) is 2. The number of phenolic OH excluding ortho intramolecular Hbond substituents is 1. The molecule has 16 heavy (non-hydrogen) atoms. The molecule has 0 aliphatic carbocycles. The Morgan fingerprint density at radius 3 is 2.50 bits per heavy atom. The number of unbranched alkanes of at least 4 members (excludes halogenated alkanes) is 2. The van der Waals surface area contributed by atoms with E-state index in [2.05, 4.69) is 25.2 Å². The lowest BCUT2D eigenvalue weighted by Gasteiger charge is -2.09. The van der Waals surface area contributed by atoms with Crippen LogP contribution in [0.25, 0.3) is 0 Å². The van der Waals surface area contributed by atoms with E-state index < -0.39 is 0 Å². The third kappa shape index (κ3) is 3.86. The zero-order valence-electron chi connectivity index (χ0n) is 10.6. The first kappa shape index (κ1) is 13.0. The molecule has 90 valence electrons. The predicted octanol–water partition coefficient (Wildman–Crippen LogP) is 3.29. The summed E-state index contributed by atoms with van der Waals surface area (Å²) >= 11 is 0. The molecule has 0 amide bonds. The molecule has 0 radical (unpaired) electrons. The van der Waals surface area contributed by atoms with Crippen LogP contribution in [-0.2, 0) is 6.54 Å². The minimum absolute atomic E-state index is 0.408. The normalized spacial score (nSPS) is 10.7. The predicted molar refractivity (Wildman–Crippen MR) is 68.8 cm³/mol. The van der Waals surface area contributed by atoms with Gasteiger partial charge in [-0.3, -0.25) is 0 Å². The van der Waals surface area contributed by atoms with Crippen molar-refractivity contribution in [2.45, 2.75) is 46.6 Å². The quantitative estimate of drug-likeness (QED) is 0.722. The van der Waals surface area contributed by atoms with Crippen molar-refractivity contribution >= 4 is 0 Å². The first-order valence-electron chi connectivity index (χ1n) is 6.15. The van der Waals surface area contributed by atoms with Gasteiger partial charge in [-0.15, -0.1) is 0 Å². The molecular formula is C14H23NO. The number of rotatable bonds is 6. The summed E-state index contributed by atoms with van der Waals surface area (Å²) in [6.45, 7) is 8.09. The first-order valence-corrected chi connectivity index (χ1v) is 6.15. The van der Waals surface area contributed by atoms with Gasteiger partial charge >= 0.3 is 0 Å². The highest BCUT2D eigenvalue weighted by Gasteiger charge is 2.03. The summed E-state index contributed by atoms with van der Waals surface area (Å²) < 4.78 is 0. The van der Waals surface area contributed by atoms with Gasteiger partial charge < -0.3 is 10.4 Å². The Morgan fingerprint density at radius 1 is 1.12 bits per heavy atom. The number of hydrogen-bond acceptors (Lipinski definition) is 2. The second-order valence-electron chi connectivity index (χ2n) is 4.45. The lowest BCUT2D eigenvalue weighted by atomic mass is 10.1. The van der Waals surface area contributed by atoms with Gasteiger partial charge in [-0.1, -0.05) is 25.8 Å². The molecule has 0 bridgehead atoms. The van der Waals surface area contributed by atoms with E-state index in [4.69, 9.17) is 0 Å². The van der Waals surface area contributed by atoms with Crippen molar-refractivity contribution in [3.05, 3.63) is 28.8 Å². The molecule has 0 atom stereocenters. The maximum Gasteiger partial charge on any atom is 0.120 e.